The molecule has 0 aromatic heterocycles. The molecule has 18 heavy (non-hydrogen) atoms. The molecule has 1 unspecified atom stereocenters. The molecule has 0 spiro atoms. The Morgan fingerprint density at radius 2 is 0.944 bits per heavy atom. The molecule has 2 N–H and O–H groups in total. The third-order valence-corrected chi connectivity index (χ3v) is 3.27. The van der Waals surface area contributed by atoms with Gasteiger partial charge in [-0.1, -0.05) is 60.7 Å². The third kappa shape index (κ3) is 2.78. The van der Waals surface area contributed by atoms with E-state index in [1.54, 1.807) is 0 Å². The summed E-state index contributed by atoms with van der Waals surface area (Å²) in [6, 6.07) is 21.6. The summed E-state index contributed by atoms with van der Waals surface area (Å²) < 4.78 is 0. The van der Waals surface area contributed by atoms with Gasteiger partial charge in [-0.05, 0) is 25.2 Å². The lowest BCUT2D eigenvalue weighted by Crippen LogP contribution is -2.31. The van der Waals surface area contributed by atoms with Gasteiger partial charge >= 0.3 is 0 Å². The highest BCUT2D eigenvalue weighted by Gasteiger charge is 2.21. The average molecular weight is 240 g/mol. The van der Waals surface area contributed by atoms with Gasteiger partial charge in [0.05, 0.1) is 12.1 Å². The molecule has 0 aliphatic carbocycles. The van der Waals surface area contributed by atoms with Crippen LogP contribution in [0.2, 0.25) is 0 Å². The molecule has 2 nitrogen and oxygen atoms in total. The molecule has 0 aliphatic rings. The van der Waals surface area contributed by atoms with E-state index in [4.69, 9.17) is 0 Å². The van der Waals surface area contributed by atoms with Crippen LogP contribution in [0.3, 0.4) is 0 Å². The zero-order valence-corrected chi connectivity index (χ0v) is 10.9. The molecule has 0 fully saturated rings. The molecular weight excluding hydrogens is 220 g/mol. The van der Waals surface area contributed by atoms with Gasteiger partial charge in [0.25, 0.3) is 0 Å². The summed E-state index contributed by atoms with van der Waals surface area (Å²) in [5.74, 6) is 0. The molecule has 2 rings (SSSR count). The quantitative estimate of drug-likeness (QED) is 0.839. The van der Waals surface area contributed by atoms with Crippen molar-refractivity contribution >= 4 is 0 Å². The van der Waals surface area contributed by atoms with Crippen molar-refractivity contribution in [2.24, 2.45) is 0 Å². The third-order valence-electron chi connectivity index (χ3n) is 3.27. The fourth-order valence-electron chi connectivity index (χ4n) is 2.37. The molecule has 2 aromatic rings. The van der Waals surface area contributed by atoms with Gasteiger partial charge in [-0.25, -0.2) is 0 Å². The first-order valence-corrected chi connectivity index (χ1v) is 6.31. The molecule has 2 aromatic carbocycles. The van der Waals surface area contributed by atoms with Gasteiger partial charge in [-0.3, -0.25) is 0 Å². The van der Waals surface area contributed by atoms with Crippen molar-refractivity contribution < 1.29 is 0 Å². The summed E-state index contributed by atoms with van der Waals surface area (Å²) in [6.07, 6.45) is 0. The minimum Gasteiger partial charge on any atom is -0.311 e. The van der Waals surface area contributed by atoms with E-state index in [0.29, 0.717) is 0 Å². The maximum Gasteiger partial charge on any atom is 0.0515 e. The fourth-order valence-corrected chi connectivity index (χ4v) is 2.37. The zero-order chi connectivity index (χ0) is 12.8. The second-order valence-corrected chi connectivity index (χ2v) is 4.35. The smallest absolute Gasteiger partial charge is 0.0515 e. The zero-order valence-electron chi connectivity index (χ0n) is 10.9. The lowest BCUT2D eigenvalue weighted by atomic mass is 9.93. The van der Waals surface area contributed by atoms with Crippen LogP contribution in [-0.2, 0) is 0 Å². The van der Waals surface area contributed by atoms with Crippen LogP contribution in [0.25, 0.3) is 0 Å². The van der Waals surface area contributed by atoms with Crippen LogP contribution in [0.5, 0.6) is 0 Å². The molecule has 2 heteroatoms. The molecule has 0 saturated heterocycles. The summed E-state index contributed by atoms with van der Waals surface area (Å²) in [6.45, 7) is 0. The Kier molecular flexibility index (Phi) is 4.51. The molecule has 2 atom stereocenters. The van der Waals surface area contributed by atoms with E-state index in [0.717, 1.165) is 0 Å². The minimum atomic E-state index is 0.263. The number of rotatable bonds is 5. The van der Waals surface area contributed by atoms with Gasteiger partial charge in [0.2, 0.25) is 0 Å². The summed E-state index contributed by atoms with van der Waals surface area (Å²) in [4.78, 5) is 0. The average Bonchev–Trinajstić information content (AvgIpc) is 2.46. The first-order valence-electron chi connectivity index (χ1n) is 6.31. The van der Waals surface area contributed by atoms with E-state index in [1.807, 2.05) is 26.2 Å². The van der Waals surface area contributed by atoms with Gasteiger partial charge < -0.3 is 10.6 Å². The van der Waals surface area contributed by atoms with E-state index >= 15 is 0 Å². The standard InChI is InChI=1S/C16H20N2/c1-17-15(13-9-5-3-6-10-13)16(18-2)14-11-7-4-8-12-14/h3-12,15-18H,1-2H3/t15-,16?/m0/s1. The highest BCUT2D eigenvalue weighted by Crippen LogP contribution is 2.27. The Bertz CT molecular complexity index is 408. The van der Waals surface area contributed by atoms with Crippen molar-refractivity contribution in [1.82, 2.24) is 10.6 Å². The lowest BCUT2D eigenvalue weighted by molar-refractivity contribution is 0.432. The van der Waals surface area contributed by atoms with Crippen LogP contribution >= 0.6 is 0 Å². The Balaban J connectivity index is 2.31. The Labute approximate surface area is 109 Å². The van der Waals surface area contributed by atoms with Crippen molar-refractivity contribution in [3.8, 4) is 0 Å². The second-order valence-electron chi connectivity index (χ2n) is 4.35. The van der Waals surface area contributed by atoms with Gasteiger partial charge in [-0.15, -0.1) is 0 Å². The van der Waals surface area contributed by atoms with Crippen molar-refractivity contribution in [3.63, 3.8) is 0 Å². The highest BCUT2D eigenvalue weighted by molar-refractivity contribution is 5.27. The molecule has 0 aliphatic heterocycles. The van der Waals surface area contributed by atoms with E-state index in [1.165, 1.54) is 11.1 Å². The number of benzene rings is 2. The SMILES string of the molecule is CNC(c1ccccc1)[C@@H](NC)c1ccccc1. The monoisotopic (exact) mass is 240 g/mol. The first kappa shape index (κ1) is 12.8. The topological polar surface area (TPSA) is 24.1 Å². The summed E-state index contributed by atoms with van der Waals surface area (Å²) in [5, 5.41) is 6.81. The molecule has 0 heterocycles. The number of hydrogen-bond acceptors (Lipinski definition) is 2. The predicted molar refractivity (Wildman–Crippen MR) is 76.5 cm³/mol. The summed E-state index contributed by atoms with van der Waals surface area (Å²) >= 11 is 0. The minimum absolute atomic E-state index is 0.263. The molecule has 0 bridgehead atoms. The van der Waals surface area contributed by atoms with Crippen molar-refractivity contribution in [2.45, 2.75) is 12.1 Å². The Morgan fingerprint density at radius 3 is 1.22 bits per heavy atom. The molecule has 94 valence electrons. The second kappa shape index (κ2) is 6.34. The van der Waals surface area contributed by atoms with Gasteiger partial charge in [0.15, 0.2) is 0 Å². The summed E-state index contributed by atoms with van der Waals surface area (Å²) in [7, 11) is 4.01. The van der Waals surface area contributed by atoms with Crippen LogP contribution in [0.1, 0.15) is 23.2 Å². The highest BCUT2D eigenvalue weighted by atomic mass is 15.0. The van der Waals surface area contributed by atoms with Crippen molar-refractivity contribution in [2.75, 3.05) is 14.1 Å². The lowest BCUT2D eigenvalue weighted by Gasteiger charge is -2.27. The number of nitrogens with one attached hydrogen (secondary N) is 2. The maximum absolute atomic E-state index is 3.41. The van der Waals surface area contributed by atoms with Crippen molar-refractivity contribution in [3.05, 3.63) is 71.8 Å². The van der Waals surface area contributed by atoms with Crippen LogP contribution in [0, 0.1) is 0 Å². The molecule has 0 saturated carbocycles. The first-order chi connectivity index (χ1) is 8.86. The number of hydrogen-bond donors (Lipinski definition) is 2. The van der Waals surface area contributed by atoms with Crippen LogP contribution in [-0.4, -0.2) is 14.1 Å². The van der Waals surface area contributed by atoms with Crippen LogP contribution in [0.15, 0.2) is 60.7 Å². The molecular formula is C16H20N2. The van der Waals surface area contributed by atoms with E-state index < -0.39 is 0 Å². The van der Waals surface area contributed by atoms with E-state index in [9.17, 15) is 0 Å². The van der Waals surface area contributed by atoms with Crippen LogP contribution < -0.4 is 10.6 Å². The summed E-state index contributed by atoms with van der Waals surface area (Å²) in [5.41, 5.74) is 2.59. The van der Waals surface area contributed by atoms with Gasteiger partial charge in [0.1, 0.15) is 0 Å². The normalized spacial score (nSPS) is 14.1. The maximum atomic E-state index is 3.41. The van der Waals surface area contributed by atoms with E-state index in [2.05, 4.69) is 59.2 Å². The predicted octanol–water partition coefficient (Wildman–Crippen LogP) is 2.91. The van der Waals surface area contributed by atoms with Gasteiger partial charge in [0, 0.05) is 0 Å². The van der Waals surface area contributed by atoms with Gasteiger partial charge in [-0.2, -0.15) is 0 Å². The largest absolute Gasteiger partial charge is 0.311 e. The Morgan fingerprint density at radius 1 is 0.611 bits per heavy atom. The van der Waals surface area contributed by atoms with Crippen LogP contribution in [0.4, 0.5) is 0 Å². The molecule has 0 amide bonds. The Hall–Kier alpha value is -1.64. The molecule has 0 radical (unpaired) electrons. The van der Waals surface area contributed by atoms with Crippen molar-refractivity contribution in [1.29, 1.82) is 0 Å². The number of likely N-dealkylation sites (N-methyl/N-ethyl adjacent to an activating group) is 2. The fraction of sp³-hybridized carbons (Fsp3) is 0.250. The van der Waals surface area contributed by atoms with E-state index in [-0.39, 0.29) is 12.1 Å².